The third-order valence-corrected chi connectivity index (χ3v) is 2.33. The van der Waals surface area contributed by atoms with Gasteiger partial charge in [-0.3, -0.25) is 9.59 Å². The Bertz CT molecular complexity index is 251. The van der Waals surface area contributed by atoms with Crippen LogP contribution < -0.4 is 10.6 Å². The number of esters is 1. The van der Waals surface area contributed by atoms with Crippen LogP contribution >= 0.6 is 0 Å². The van der Waals surface area contributed by atoms with Gasteiger partial charge in [0.1, 0.15) is 6.04 Å². The summed E-state index contributed by atoms with van der Waals surface area (Å²) in [7, 11) is 1.33. The second-order valence-electron chi connectivity index (χ2n) is 3.77. The number of rotatable bonds is 4. The molecule has 0 aromatic carbocycles. The molecule has 1 fully saturated rings. The van der Waals surface area contributed by atoms with Crippen LogP contribution in [0.4, 0.5) is 0 Å². The molecule has 6 nitrogen and oxygen atoms in total. The third kappa shape index (κ3) is 4.16. The highest BCUT2D eigenvalue weighted by Gasteiger charge is 2.22. The van der Waals surface area contributed by atoms with Crippen LogP contribution in [0.3, 0.4) is 0 Å². The molecule has 92 valence electrons. The first kappa shape index (κ1) is 12.9. The summed E-state index contributed by atoms with van der Waals surface area (Å²) in [6, 6.07) is -0.558. The van der Waals surface area contributed by atoms with Crippen molar-refractivity contribution in [2.45, 2.75) is 25.4 Å². The predicted molar refractivity (Wildman–Crippen MR) is 56.8 cm³/mol. The van der Waals surface area contributed by atoms with Gasteiger partial charge in [-0.2, -0.15) is 0 Å². The summed E-state index contributed by atoms with van der Waals surface area (Å²) < 4.78 is 9.69. The van der Waals surface area contributed by atoms with Crippen LogP contribution in [0.2, 0.25) is 0 Å². The molecule has 1 heterocycles. The van der Waals surface area contributed by atoms with Gasteiger partial charge in [0.25, 0.3) is 0 Å². The van der Waals surface area contributed by atoms with E-state index in [4.69, 9.17) is 4.74 Å². The molecule has 2 unspecified atom stereocenters. The van der Waals surface area contributed by atoms with Crippen LogP contribution in [-0.4, -0.2) is 50.8 Å². The maximum Gasteiger partial charge on any atom is 0.307 e. The Morgan fingerprint density at radius 3 is 2.94 bits per heavy atom. The Hall–Kier alpha value is -1.14. The molecule has 1 aliphatic heterocycles. The topological polar surface area (TPSA) is 76.7 Å². The standard InChI is InChI=1S/C10H18N2O4/c1-7(5-9(13)15-2)12-10(14)8-6-16-4-3-11-8/h7-8,11H,3-6H2,1-2H3,(H,12,14). The molecule has 0 aromatic heterocycles. The minimum absolute atomic E-state index is 0.142. The second-order valence-corrected chi connectivity index (χ2v) is 3.77. The molecule has 6 heteroatoms. The fourth-order valence-electron chi connectivity index (χ4n) is 1.46. The van der Waals surface area contributed by atoms with Crippen LogP contribution in [-0.2, 0) is 19.1 Å². The number of carbonyl (C=O) groups is 2. The van der Waals surface area contributed by atoms with E-state index in [1.165, 1.54) is 7.11 Å². The Labute approximate surface area is 94.7 Å². The quantitative estimate of drug-likeness (QED) is 0.608. The van der Waals surface area contributed by atoms with Crippen LogP contribution in [0, 0.1) is 0 Å². The highest BCUT2D eigenvalue weighted by atomic mass is 16.5. The van der Waals surface area contributed by atoms with E-state index >= 15 is 0 Å². The van der Waals surface area contributed by atoms with Crippen molar-refractivity contribution in [2.75, 3.05) is 26.9 Å². The fourth-order valence-corrected chi connectivity index (χ4v) is 1.46. The van der Waals surface area contributed by atoms with Gasteiger partial charge < -0.3 is 20.1 Å². The monoisotopic (exact) mass is 230 g/mol. The lowest BCUT2D eigenvalue weighted by atomic mass is 10.2. The number of hydrogen-bond acceptors (Lipinski definition) is 5. The molecule has 1 aliphatic rings. The van der Waals surface area contributed by atoms with E-state index in [0.717, 1.165) is 0 Å². The lowest BCUT2D eigenvalue weighted by molar-refractivity contribution is -0.141. The van der Waals surface area contributed by atoms with Gasteiger partial charge in [0.2, 0.25) is 5.91 Å². The molecular formula is C10H18N2O4. The highest BCUT2D eigenvalue weighted by molar-refractivity contribution is 5.82. The number of hydrogen-bond donors (Lipinski definition) is 2. The van der Waals surface area contributed by atoms with Gasteiger partial charge in [0, 0.05) is 12.6 Å². The third-order valence-electron chi connectivity index (χ3n) is 2.33. The smallest absolute Gasteiger partial charge is 0.307 e. The molecule has 1 rings (SSSR count). The minimum atomic E-state index is -0.333. The van der Waals surface area contributed by atoms with Crippen molar-refractivity contribution in [1.82, 2.24) is 10.6 Å². The first-order chi connectivity index (χ1) is 7.63. The second kappa shape index (κ2) is 6.44. The van der Waals surface area contributed by atoms with Crippen LogP contribution in [0.5, 0.6) is 0 Å². The van der Waals surface area contributed by atoms with Crippen molar-refractivity contribution in [3.8, 4) is 0 Å². The van der Waals surface area contributed by atoms with Crippen molar-refractivity contribution in [3.63, 3.8) is 0 Å². The molecule has 0 aromatic rings. The molecule has 2 N–H and O–H groups in total. The Kier molecular flexibility index (Phi) is 5.21. The van der Waals surface area contributed by atoms with Crippen LogP contribution in [0.1, 0.15) is 13.3 Å². The van der Waals surface area contributed by atoms with Gasteiger partial charge in [0.05, 0.1) is 26.7 Å². The zero-order chi connectivity index (χ0) is 12.0. The van der Waals surface area contributed by atoms with Gasteiger partial charge in [-0.25, -0.2) is 0 Å². The van der Waals surface area contributed by atoms with Crippen LogP contribution in [0.25, 0.3) is 0 Å². The molecule has 0 radical (unpaired) electrons. The molecule has 0 saturated carbocycles. The Balaban J connectivity index is 2.29. The molecule has 16 heavy (non-hydrogen) atoms. The zero-order valence-electron chi connectivity index (χ0n) is 9.62. The summed E-state index contributed by atoms with van der Waals surface area (Å²) in [6.07, 6.45) is 0.176. The van der Waals surface area contributed by atoms with Crippen molar-refractivity contribution < 1.29 is 19.1 Å². The first-order valence-corrected chi connectivity index (χ1v) is 5.31. The highest BCUT2D eigenvalue weighted by Crippen LogP contribution is 1.97. The van der Waals surface area contributed by atoms with Gasteiger partial charge in [-0.1, -0.05) is 0 Å². The summed E-state index contributed by atoms with van der Waals surface area (Å²) in [4.78, 5) is 22.6. The Morgan fingerprint density at radius 1 is 1.62 bits per heavy atom. The van der Waals surface area contributed by atoms with Gasteiger partial charge in [-0.15, -0.1) is 0 Å². The molecule has 0 aliphatic carbocycles. The number of nitrogens with one attached hydrogen (secondary N) is 2. The zero-order valence-corrected chi connectivity index (χ0v) is 9.62. The van der Waals surface area contributed by atoms with Gasteiger partial charge >= 0.3 is 5.97 Å². The summed E-state index contributed by atoms with van der Waals surface area (Å²) in [6.45, 7) is 3.43. The first-order valence-electron chi connectivity index (χ1n) is 5.31. The van der Waals surface area contributed by atoms with E-state index in [2.05, 4.69) is 15.4 Å². The molecule has 0 spiro atoms. The lowest BCUT2D eigenvalue weighted by Gasteiger charge is -2.24. The van der Waals surface area contributed by atoms with Crippen molar-refractivity contribution in [2.24, 2.45) is 0 Å². The molecule has 1 saturated heterocycles. The van der Waals surface area contributed by atoms with E-state index in [-0.39, 0.29) is 30.4 Å². The number of amides is 1. The molecule has 0 bridgehead atoms. The summed E-state index contributed by atoms with van der Waals surface area (Å²) >= 11 is 0. The summed E-state index contributed by atoms with van der Waals surface area (Å²) in [5.41, 5.74) is 0. The van der Waals surface area contributed by atoms with E-state index in [1.54, 1.807) is 6.92 Å². The normalized spacial score (nSPS) is 22.2. The van der Waals surface area contributed by atoms with Crippen LogP contribution in [0.15, 0.2) is 0 Å². The Morgan fingerprint density at radius 2 is 2.38 bits per heavy atom. The van der Waals surface area contributed by atoms with Gasteiger partial charge in [-0.05, 0) is 6.92 Å². The van der Waals surface area contributed by atoms with Crippen molar-refractivity contribution in [3.05, 3.63) is 0 Å². The number of ether oxygens (including phenoxy) is 2. The van der Waals surface area contributed by atoms with E-state index in [9.17, 15) is 9.59 Å². The predicted octanol–water partition coefficient (Wildman–Crippen LogP) is -0.957. The summed E-state index contributed by atoms with van der Waals surface area (Å²) in [5, 5.41) is 5.77. The summed E-state index contributed by atoms with van der Waals surface area (Å²) in [5.74, 6) is -0.475. The van der Waals surface area contributed by atoms with E-state index in [0.29, 0.717) is 19.8 Å². The fraction of sp³-hybridized carbons (Fsp3) is 0.800. The average molecular weight is 230 g/mol. The maximum atomic E-state index is 11.7. The SMILES string of the molecule is COC(=O)CC(C)NC(=O)C1COCCN1. The molecular weight excluding hydrogens is 212 g/mol. The number of carbonyl (C=O) groups excluding carboxylic acids is 2. The average Bonchev–Trinajstić information content (AvgIpc) is 2.29. The maximum absolute atomic E-state index is 11.7. The van der Waals surface area contributed by atoms with Gasteiger partial charge in [0.15, 0.2) is 0 Å². The minimum Gasteiger partial charge on any atom is -0.469 e. The van der Waals surface area contributed by atoms with E-state index < -0.39 is 0 Å². The number of morpholine rings is 1. The number of methoxy groups -OCH3 is 1. The van der Waals surface area contributed by atoms with Crippen molar-refractivity contribution in [1.29, 1.82) is 0 Å². The molecule has 1 amide bonds. The lowest BCUT2D eigenvalue weighted by Crippen LogP contribution is -2.53. The molecule has 2 atom stereocenters. The largest absolute Gasteiger partial charge is 0.469 e. The van der Waals surface area contributed by atoms with E-state index in [1.807, 2.05) is 0 Å². The van der Waals surface area contributed by atoms with Crippen molar-refractivity contribution >= 4 is 11.9 Å².